The summed E-state index contributed by atoms with van der Waals surface area (Å²) in [5, 5.41) is 2.73. The fourth-order valence-electron chi connectivity index (χ4n) is 1.80. The average Bonchev–Trinajstić information content (AvgIpc) is 2.15. The van der Waals surface area contributed by atoms with Gasteiger partial charge in [-0.1, -0.05) is 30.3 Å². The average molecular weight is 194 g/mol. The first kappa shape index (κ1) is 11.8. The summed E-state index contributed by atoms with van der Waals surface area (Å²) in [5.41, 5.74) is 4.21. The van der Waals surface area contributed by atoms with E-state index in [4.69, 9.17) is 0 Å². The third kappa shape index (κ3) is 1.88. The van der Waals surface area contributed by atoms with Gasteiger partial charge in [-0.05, 0) is 48.2 Å². The first-order chi connectivity index (χ1) is 6.20. The molecule has 0 fully saturated rings. The van der Waals surface area contributed by atoms with Crippen molar-refractivity contribution in [3.05, 3.63) is 47.0 Å². The fourth-order valence-corrected chi connectivity index (χ4v) is 1.80. The van der Waals surface area contributed by atoms with Crippen molar-refractivity contribution in [2.24, 2.45) is 0 Å². The standard InChI is InChI=1S/C13H14.Na.H/c1-9-8-12-6-4-5-7-13(12)11(3)10(9)2;;/h4-8H,1-3H3;;. The van der Waals surface area contributed by atoms with Gasteiger partial charge in [-0.2, -0.15) is 0 Å². The van der Waals surface area contributed by atoms with Gasteiger partial charge in [-0.15, -0.1) is 0 Å². The van der Waals surface area contributed by atoms with E-state index in [-0.39, 0.29) is 29.6 Å². The summed E-state index contributed by atoms with van der Waals surface area (Å²) < 4.78 is 0. The van der Waals surface area contributed by atoms with Crippen LogP contribution in [0, 0.1) is 20.8 Å². The summed E-state index contributed by atoms with van der Waals surface area (Å²) in [7, 11) is 0. The molecule has 2 aromatic carbocycles. The second-order valence-corrected chi connectivity index (χ2v) is 3.66. The van der Waals surface area contributed by atoms with Gasteiger partial charge >= 0.3 is 29.6 Å². The van der Waals surface area contributed by atoms with Crippen LogP contribution in [0.1, 0.15) is 16.7 Å². The minimum absolute atomic E-state index is 0. The van der Waals surface area contributed by atoms with Crippen LogP contribution in [0.3, 0.4) is 0 Å². The number of rotatable bonds is 0. The third-order valence-electron chi connectivity index (χ3n) is 2.89. The molecule has 0 atom stereocenters. The Morgan fingerprint density at radius 1 is 0.857 bits per heavy atom. The van der Waals surface area contributed by atoms with E-state index in [0.717, 1.165) is 0 Å². The van der Waals surface area contributed by atoms with Gasteiger partial charge < -0.3 is 0 Å². The summed E-state index contributed by atoms with van der Waals surface area (Å²) in [6.45, 7) is 6.57. The Labute approximate surface area is 108 Å². The van der Waals surface area contributed by atoms with Crippen molar-refractivity contribution >= 4 is 40.3 Å². The van der Waals surface area contributed by atoms with Crippen LogP contribution < -0.4 is 0 Å². The summed E-state index contributed by atoms with van der Waals surface area (Å²) in [4.78, 5) is 0. The molecule has 0 saturated heterocycles. The van der Waals surface area contributed by atoms with E-state index in [1.807, 2.05) is 0 Å². The molecule has 2 rings (SSSR count). The number of fused-ring (bicyclic) bond motifs is 1. The molecule has 0 aliphatic heterocycles. The van der Waals surface area contributed by atoms with Gasteiger partial charge in [0.1, 0.15) is 0 Å². The van der Waals surface area contributed by atoms with E-state index in [2.05, 4.69) is 51.1 Å². The van der Waals surface area contributed by atoms with E-state index in [9.17, 15) is 0 Å². The summed E-state index contributed by atoms with van der Waals surface area (Å²) in [6, 6.07) is 10.8. The van der Waals surface area contributed by atoms with Crippen molar-refractivity contribution in [3.8, 4) is 0 Å². The molecule has 14 heavy (non-hydrogen) atoms. The van der Waals surface area contributed by atoms with Gasteiger partial charge in [0.05, 0.1) is 0 Å². The van der Waals surface area contributed by atoms with E-state index >= 15 is 0 Å². The second kappa shape index (κ2) is 4.48. The Morgan fingerprint density at radius 3 is 2.21 bits per heavy atom. The van der Waals surface area contributed by atoms with Crippen LogP contribution in [-0.4, -0.2) is 29.6 Å². The van der Waals surface area contributed by atoms with Gasteiger partial charge in [-0.25, -0.2) is 0 Å². The maximum absolute atomic E-state index is 2.26. The van der Waals surface area contributed by atoms with E-state index < -0.39 is 0 Å². The zero-order valence-electron chi connectivity index (χ0n) is 8.39. The van der Waals surface area contributed by atoms with Crippen LogP contribution in [-0.2, 0) is 0 Å². The SMILES string of the molecule is Cc1cc2ccccc2c(C)c1C.[NaH]. The van der Waals surface area contributed by atoms with Gasteiger partial charge in [0.25, 0.3) is 0 Å². The Kier molecular flexibility index (Phi) is 3.77. The topological polar surface area (TPSA) is 0 Å². The molecule has 0 unspecified atom stereocenters. The van der Waals surface area contributed by atoms with Crippen molar-refractivity contribution in [1.29, 1.82) is 0 Å². The Bertz CT molecular complexity index is 458. The van der Waals surface area contributed by atoms with Crippen LogP contribution in [0.2, 0.25) is 0 Å². The van der Waals surface area contributed by atoms with E-state index in [0.29, 0.717) is 0 Å². The summed E-state index contributed by atoms with van der Waals surface area (Å²) in [6.07, 6.45) is 0. The molecule has 0 aromatic heterocycles. The first-order valence-corrected chi connectivity index (χ1v) is 4.65. The number of hydrogen-bond donors (Lipinski definition) is 0. The molecular weight excluding hydrogens is 179 g/mol. The van der Waals surface area contributed by atoms with Crippen LogP contribution in [0.4, 0.5) is 0 Å². The molecule has 0 saturated carbocycles. The summed E-state index contributed by atoms with van der Waals surface area (Å²) >= 11 is 0. The van der Waals surface area contributed by atoms with Gasteiger partial charge in [-0.3, -0.25) is 0 Å². The third-order valence-corrected chi connectivity index (χ3v) is 2.89. The molecule has 2 aromatic rings. The van der Waals surface area contributed by atoms with Gasteiger partial charge in [0.2, 0.25) is 0 Å². The van der Waals surface area contributed by atoms with Crippen LogP contribution in [0.5, 0.6) is 0 Å². The van der Waals surface area contributed by atoms with Crippen molar-refractivity contribution < 1.29 is 0 Å². The quantitative estimate of drug-likeness (QED) is 0.565. The maximum atomic E-state index is 2.26. The minimum atomic E-state index is 0. The van der Waals surface area contributed by atoms with Crippen LogP contribution in [0.25, 0.3) is 10.8 Å². The molecule has 0 nitrogen and oxygen atoms in total. The Hall–Kier alpha value is -0.300. The molecule has 0 aliphatic carbocycles. The normalized spacial score (nSPS) is 9.93. The van der Waals surface area contributed by atoms with Crippen LogP contribution in [0.15, 0.2) is 30.3 Å². The predicted molar refractivity (Wildman–Crippen MR) is 65.3 cm³/mol. The number of benzene rings is 2. The van der Waals surface area contributed by atoms with E-state index in [1.165, 1.54) is 27.5 Å². The number of hydrogen-bond acceptors (Lipinski definition) is 0. The molecule has 0 spiro atoms. The molecular formula is C13H15Na. The molecule has 0 N–H and O–H groups in total. The molecule has 0 heterocycles. The van der Waals surface area contributed by atoms with Crippen LogP contribution >= 0.6 is 0 Å². The van der Waals surface area contributed by atoms with Gasteiger partial charge in [0.15, 0.2) is 0 Å². The Balaban J connectivity index is 0.000000980. The fraction of sp³-hybridized carbons (Fsp3) is 0.231. The zero-order valence-corrected chi connectivity index (χ0v) is 8.39. The second-order valence-electron chi connectivity index (χ2n) is 3.66. The monoisotopic (exact) mass is 194 g/mol. The van der Waals surface area contributed by atoms with Crippen molar-refractivity contribution in [1.82, 2.24) is 0 Å². The zero-order chi connectivity index (χ0) is 9.42. The van der Waals surface area contributed by atoms with Crippen molar-refractivity contribution in [3.63, 3.8) is 0 Å². The molecule has 0 aliphatic rings. The molecule has 0 radical (unpaired) electrons. The molecule has 1 heteroatoms. The van der Waals surface area contributed by atoms with Crippen molar-refractivity contribution in [2.45, 2.75) is 20.8 Å². The first-order valence-electron chi connectivity index (χ1n) is 4.65. The Morgan fingerprint density at radius 2 is 1.50 bits per heavy atom. The molecule has 0 bridgehead atoms. The molecule has 0 amide bonds. The van der Waals surface area contributed by atoms with Gasteiger partial charge in [0, 0.05) is 0 Å². The van der Waals surface area contributed by atoms with Crippen molar-refractivity contribution in [2.75, 3.05) is 0 Å². The molecule has 68 valence electrons. The van der Waals surface area contributed by atoms with E-state index in [1.54, 1.807) is 0 Å². The number of aryl methyl sites for hydroxylation is 2. The summed E-state index contributed by atoms with van der Waals surface area (Å²) in [5.74, 6) is 0. The predicted octanol–water partition coefficient (Wildman–Crippen LogP) is 3.12.